The van der Waals surface area contributed by atoms with E-state index in [0.29, 0.717) is 11.8 Å². The van der Waals surface area contributed by atoms with Crippen LogP contribution in [0.15, 0.2) is 0 Å². The fourth-order valence-electron chi connectivity index (χ4n) is 1.92. The van der Waals surface area contributed by atoms with Crippen LogP contribution in [0.4, 0.5) is 0 Å². The molecule has 0 saturated heterocycles. The zero-order valence-electron chi connectivity index (χ0n) is 10.4. The maximum Gasteiger partial charge on any atom is 0.230 e. The molecule has 94 valence electrons. The van der Waals surface area contributed by atoms with E-state index in [-0.39, 0.29) is 11.4 Å². The second kappa shape index (κ2) is 6.50. The van der Waals surface area contributed by atoms with Crippen molar-refractivity contribution >= 4 is 17.7 Å². The molecule has 0 aromatic carbocycles. The van der Waals surface area contributed by atoms with E-state index in [0.717, 1.165) is 18.6 Å². The molecule has 1 fully saturated rings. The van der Waals surface area contributed by atoms with Crippen molar-refractivity contribution in [2.24, 2.45) is 5.73 Å². The Morgan fingerprint density at radius 3 is 2.56 bits per heavy atom. The van der Waals surface area contributed by atoms with Crippen LogP contribution in [-0.2, 0) is 4.79 Å². The molecular formula is C12H24N2OS. The van der Waals surface area contributed by atoms with Crippen LogP contribution in [0.5, 0.6) is 0 Å². The number of carbonyl (C=O) groups is 1. The first-order valence-corrected chi connectivity index (χ1v) is 7.29. The molecule has 0 radical (unpaired) electrons. The van der Waals surface area contributed by atoms with Crippen LogP contribution in [0.1, 0.15) is 46.0 Å². The summed E-state index contributed by atoms with van der Waals surface area (Å²) in [4.78, 5) is 11.6. The Bertz CT molecular complexity index is 220. The SMILES string of the molecule is CC(C)(N)CSCC(=O)NC1CCCCC1. The summed E-state index contributed by atoms with van der Waals surface area (Å²) < 4.78 is 0. The highest BCUT2D eigenvalue weighted by Crippen LogP contribution is 2.17. The predicted octanol–water partition coefficient (Wildman–Crippen LogP) is 1.91. The molecule has 1 aliphatic rings. The van der Waals surface area contributed by atoms with Crippen LogP contribution in [0.3, 0.4) is 0 Å². The van der Waals surface area contributed by atoms with Crippen molar-refractivity contribution in [2.75, 3.05) is 11.5 Å². The van der Waals surface area contributed by atoms with Crippen LogP contribution in [0, 0.1) is 0 Å². The maximum absolute atomic E-state index is 11.6. The van der Waals surface area contributed by atoms with Gasteiger partial charge in [0.2, 0.25) is 5.91 Å². The molecule has 0 aromatic heterocycles. The fourth-order valence-corrected chi connectivity index (χ4v) is 2.82. The molecule has 0 aromatic rings. The lowest BCUT2D eigenvalue weighted by atomic mass is 9.95. The zero-order chi connectivity index (χ0) is 12.0. The summed E-state index contributed by atoms with van der Waals surface area (Å²) in [5.74, 6) is 1.53. The molecule has 0 unspecified atom stereocenters. The average molecular weight is 244 g/mol. The van der Waals surface area contributed by atoms with Crippen LogP contribution >= 0.6 is 11.8 Å². The Hall–Kier alpha value is -0.220. The van der Waals surface area contributed by atoms with Gasteiger partial charge in [0.25, 0.3) is 0 Å². The normalized spacial score (nSPS) is 18.4. The highest BCUT2D eigenvalue weighted by atomic mass is 32.2. The molecule has 1 saturated carbocycles. The Labute approximate surface area is 103 Å². The Kier molecular flexibility index (Phi) is 5.62. The zero-order valence-corrected chi connectivity index (χ0v) is 11.2. The molecule has 0 bridgehead atoms. The second-order valence-electron chi connectivity index (χ2n) is 5.38. The van der Waals surface area contributed by atoms with E-state index < -0.39 is 0 Å². The van der Waals surface area contributed by atoms with Crippen molar-refractivity contribution in [3.05, 3.63) is 0 Å². The minimum Gasteiger partial charge on any atom is -0.353 e. The monoisotopic (exact) mass is 244 g/mol. The molecule has 4 heteroatoms. The summed E-state index contributed by atoms with van der Waals surface area (Å²) in [5, 5.41) is 3.10. The fraction of sp³-hybridized carbons (Fsp3) is 0.917. The third-order valence-electron chi connectivity index (χ3n) is 2.68. The summed E-state index contributed by atoms with van der Waals surface area (Å²) in [6.07, 6.45) is 6.14. The Morgan fingerprint density at radius 1 is 1.38 bits per heavy atom. The van der Waals surface area contributed by atoms with Gasteiger partial charge in [0.1, 0.15) is 0 Å². The van der Waals surface area contributed by atoms with Gasteiger partial charge in [0, 0.05) is 17.3 Å². The number of carbonyl (C=O) groups excluding carboxylic acids is 1. The highest BCUT2D eigenvalue weighted by molar-refractivity contribution is 8.00. The molecule has 3 N–H and O–H groups in total. The van der Waals surface area contributed by atoms with Crippen molar-refractivity contribution in [3.8, 4) is 0 Å². The summed E-state index contributed by atoms with van der Waals surface area (Å²) in [6, 6.07) is 0.424. The van der Waals surface area contributed by atoms with Gasteiger partial charge in [0.15, 0.2) is 0 Å². The summed E-state index contributed by atoms with van der Waals surface area (Å²) in [5.41, 5.74) is 5.67. The standard InChI is InChI=1S/C12H24N2OS/c1-12(2,13)9-16-8-11(15)14-10-6-4-3-5-7-10/h10H,3-9,13H2,1-2H3,(H,14,15). The number of hydrogen-bond acceptors (Lipinski definition) is 3. The van der Waals surface area contributed by atoms with Crippen molar-refractivity contribution in [2.45, 2.75) is 57.5 Å². The number of nitrogens with one attached hydrogen (secondary N) is 1. The number of hydrogen-bond donors (Lipinski definition) is 2. The Balaban J connectivity index is 2.10. The largest absolute Gasteiger partial charge is 0.353 e. The minimum absolute atomic E-state index is 0.168. The summed E-state index contributed by atoms with van der Waals surface area (Å²) in [7, 11) is 0. The first-order chi connectivity index (χ1) is 7.47. The summed E-state index contributed by atoms with van der Waals surface area (Å²) in [6.45, 7) is 3.97. The molecule has 16 heavy (non-hydrogen) atoms. The lowest BCUT2D eigenvalue weighted by Gasteiger charge is -2.23. The van der Waals surface area contributed by atoms with Crippen LogP contribution < -0.4 is 11.1 Å². The van der Waals surface area contributed by atoms with Gasteiger partial charge in [-0.2, -0.15) is 11.8 Å². The topological polar surface area (TPSA) is 55.1 Å². The molecule has 0 heterocycles. The van der Waals surface area contributed by atoms with Gasteiger partial charge < -0.3 is 11.1 Å². The molecule has 1 rings (SSSR count). The maximum atomic E-state index is 11.6. The van der Waals surface area contributed by atoms with E-state index in [1.54, 1.807) is 11.8 Å². The van der Waals surface area contributed by atoms with Crippen molar-refractivity contribution < 1.29 is 4.79 Å². The lowest BCUT2D eigenvalue weighted by molar-refractivity contribution is -0.119. The van der Waals surface area contributed by atoms with Crippen LogP contribution in [0.2, 0.25) is 0 Å². The highest BCUT2D eigenvalue weighted by Gasteiger charge is 2.16. The number of thioether (sulfide) groups is 1. The number of rotatable bonds is 5. The van der Waals surface area contributed by atoms with Gasteiger partial charge in [-0.15, -0.1) is 0 Å². The number of nitrogens with two attached hydrogens (primary N) is 1. The van der Waals surface area contributed by atoms with Crippen LogP contribution in [-0.4, -0.2) is 29.0 Å². The lowest BCUT2D eigenvalue weighted by Crippen LogP contribution is -2.38. The van der Waals surface area contributed by atoms with Crippen molar-refractivity contribution in [1.82, 2.24) is 5.32 Å². The minimum atomic E-state index is -0.185. The van der Waals surface area contributed by atoms with Gasteiger partial charge >= 0.3 is 0 Å². The van der Waals surface area contributed by atoms with E-state index >= 15 is 0 Å². The molecule has 0 spiro atoms. The third kappa shape index (κ3) is 6.38. The van der Waals surface area contributed by atoms with Gasteiger partial charge in [-0.05, 0) is 26.7 Å². The molecule has 1 amide bonds. The van der Waals surface area contributed by atoms with Crippen LogP contribution in [0.25, 0.3) is 0 Å². The molecule has 0 aliphatic heterocycles. The number of amides is 1. The first kappa shape index (κ1) is 13.8. The van der Waals surface area contributed by atoms with Gasteiger partial charge in [-0.1, -0.05) is 19.3 Å². The average Bonchev–Trinajstić information content (AvgIpc) is 2.17. The van der Waals surface area contributed by atoms with Gasteiger partial charge in [-0.25, -0.2) is 0 Å². The van der Waals surface area contributed by atoms with Gasteiger partial charge in [-0.3, -0.25) is 4.79 Å². The third-order valence-corrected chi connectivity index (χ3v) is 4.09. The molecule has 0 atom stereocenters. The van der Waals surface area contributed by atoms with Gasteiger partial charge in [0.05, 0.1) is 5.75 Å². The van der Waals surface area contributed by atoms with E-state index in [1.165, 1.54) is 19.3 Å². The summed E-state index contributed by atoms with van der Waals surface area (Å²) >= 11 is 1.62. The van der Waals surface area contributed by atoms with Crippen molar-refractivity contribution in [1.29, 1.82) is 0 Å². The van der Waals surface area contributed by atoms with E-state index in [9.17, 15) is 4.79 Å². The van der Waals surface area contributed by atoms with E-state index in [2.05, 4.69) is 5.32 Å². The molecule has 1 aliphatic carbocycles. The first-order valence-electron chi connectivity index (χ1n) is 6.13. The molecule has 3 nitrogen and oxygen atoms in total. The second-order valence-corrected chi connectivity index (χ2v) is 6.37. The smallest absolute Gasteiger partial charge is 0.230 e. The Morgan fingerprint density at radius 2 is 2.00 bits per heavy atom. The van der Waals surface area contributed by atoms with E-state index in [1.807, 2.05) is 13.8 Å². The van der Waals surface area contributed by atoms with E-state index in [4.69, 9.17) is 5.73 Å². The quantitative estimate of drug-likeness (QED) is 0.776. The van der Waals surface area contributed by atoms with Crippen molar-refractivity contribution in [3.63, 3.8) is 0 Å². The molecular weight excluding hydrogens is 220 g/mol. The predicted molar refractivity (Wildman–Crippen MR) is 70.6 cm³/mol.